The van der Waals surface area contributed by atoms with Crippen molar-refractivity contribution < 1.29 is 14.6 Å². The molecule has 0 amide bonds. The van der Waals surface area contributed by atoms with E-state index in [1.54, 1.807) is 0 Å². The SMILES string of the molecule is CC(N)CCCCCOCC(=N)N.O=CO. The predicted octanol–water partition coefficient (Wildman–Crippen LogP) is 0.547. The number of rotatable bonds is 8. The van der Waals surface area contributed by atoms with Gasteiger partial charge < -0.3 is 21.3 Å². The Labute approximate surface area is 96.5 Å². The van der Waals surface area contributed by atoms with Crippen LogP contribution in [0.4, 0.5) is 0 Å². The summed E-state index contributed by atoms with van der Waals surface area (Å²) in [7, 11) is 0. The van der Waals surface area contributed by atoms with Crippen LogP contribution in [0, 0.1) is 5.41 Å². The Bertz CT molecular complexity index is 175. The molecular weight excluding hydrogens is 210 g/mol. The van der Waals surface area contributed by atoms with Crippen LogP contribution in [-0.2, 0) is 9.53 Å². The summed E-state index contributed by atoms with van der Waals surface area (Å²) in [6, 6.07) is 0.304. The second kappa shape index (κ2) is 13.9. The first-order valence-corrected chi connectivity index (χ1v) is 5.28. The van der Waals surface area contributed by atoms with E-state index in [4.69, 9.17) is 31.5 Å². The fourth-order valence-electron chi connectivity index (χ4n) is 1.03. The molecule has 0 aliphatic heterocycles. The smallest absolute Gasteiger partial charge is 0.290 e. The van der Waals surface area contributed by atoms with Crippen molar-refractivity contribution in [1.29, 1.82) is 5.41 Å². The zero-order valence-electron chi connectivity index (χ0n) is 9.82. The molecule has 0 aliphatic rings. The van der Waals surface area contributed by atoms with Gasteiger partial charge in [0.05, 0.1) is 0 Å². The minimum Gasteiger partial charge on any atom is -0.483 e. The van der Waals surface area contributed by atoms with Crippen molar-refractivity contribution in [2.24, 2.45) is 11.5 Å². The number of hydrogen-bond acceptors (Lipinski definition) is 4. The van der Waals surface area contributed by atoms with Crippen molar-refractivity contribution in [1.82, 2.24) is 0 Å². The highest BCUT2D eigenvalue weighted by Crippen LogP contribution is 2.01. The molecule has 0 aliphatic carbocycles. The molecule has 1 unspecified atom stereocenters. The van der Waals surface area contributed by atoms with E-state index in [1.165, 1.54) is 0 Å². The molecule has 0 spiro atoms. The van der Waals surface area contributed by atoms with E-state index in [-0.39, 0.29) is 18.9 Å². The number of carboxylic acid groups (broad SMARTS) is 1. The Balaban J connectivity index is 0. The third-order valence-electron chi connectivity index (χ3n) is 1.71. The summed E-state index contributed by atoms with van der Waals surface area (Å²) in [6.07, 6.45) is 4.40. The maximum Gasteiger partial charge on any atom is 0.290 e. The molecule has 0 aromatic carbocycles. The van der Waals surface area contributed by atoms with Gasteiger partial charge in [-0.15, -0.1) is 0 Å². The molecule has 0 rings (SSSR count). The van der Waals surface area contributed by atoms with Crippen molar-refractivity contribution in [3.05, 3.63) is 0 Å². The maximum absolute atomic E-state index is 8.36. The largest absolute Gasteiger partial charge is 0.483 e. The van der Waals surface area contributed by atoms with E-state index in [2.05, 4.69) is 0 Å². The summed E-state index contributed by atoms with van der Waals surface area (Å²) in [5.41, 5.74) is 10.7. The van der Waals surface area contributed by atoms with E-state index in [0.717, 1.165) is 25.7 Å². The molecular formula is C10H23N3O3. The zero-order chi connectivity index (χ0) is 12.8. The van der Waals surface area contributed by atoms with E-state index in [9.17, 15) is 0 Å². The number of nitrogens with one attached hydrogen (secondary N) is 1. The number of unbranched alkanes of at least 4 members (excludes halogenated alkanes) is 2. The molecule has 6 nitrogen and oxygen atoms in total. The lowest BCUT2D eigenvalue weighted by atomic mass is 10.1. The highest BCUT2D eigenvalue weighted by molar-refractivity contribution is 5.78. The van der Waals surface area contributed by atoms with Crippen LogP contribution >= 0.6 is 0 Å². The van der Waals surface area contributed by atoms with Gasteiger partial charge >= 0.3 is 0 Å². The Hall–Kier alpha value is -1.14. The molecule has 1 atom stereocenters. The van der Waals surface area contributed by atoms with Gasteiger partial charge in [-0.2, -0.15) is 0 Å². The van der Waals surface area contributed by atoms with Crippen LogP contribution in [0.15, 0.2) is 0 Å². The van der Waals surface area contributed by atoms with Gasteiger partial charge in [0.1, 0.15) is 12.4 Å². The fraction of sp³-hybridized carbons (Fsp3) is 0.800. The van der Waals surface area contributed by atoms with Crippen molar-refractivity contribution in [2.45, 2.75) is 38.6 Å². The summed E-state index contributed by atoms with van der Waals surface area (Å²) >= 11 is 0. The summed E-state index contributed by atoms with van der Waals surface area (Å²) < 4.78 is 5.12. The van der Waals surface area contributed by atoms with Gasteiger partial charge in [-0.05, 0) is 19.8 Å². The first-order valence-electron chi connectivity index (χ1n) is 5.28. The minimum absolute atomic E-state index is 0.0931. The molecule has 0 aromatic rings. The van der Waals surface area contributed by atoms with Gasteiger partial charge in [0.2, 0.25) is 0 Å². The lowest BCUT2D eigenvalue weighted by molar-refractivity contribution is -0.122. The molecule has 0 fully saturated rings. The third-order valence-corrected chi connectivity index (χ3v) is 1.71. The second-order valence-corrected chi connectivity index (χ2v) is 3.51. The average Bonchev–Trinajstić information content (AvgIpc) is 2.16. The minimum atomic E-state index is -0.250. The van der Waals surface area contributed by atoms with Gasteiger partial charge in [-0.25, -0.2) is 0 Å². The lowest BCUT2D eigenvalue weighted by Crippen LogP contribution is -2.17. The summed E-state index contributed by atoms with van der Waals surface area (Å²) in [4.78, 5) is 8.36. The Morgan fingerprint density at radius 1 is 1.50 bits per heavy atom. The Kier molecular flexibility index (Phi) is 15.0. The summed E-state index contributed by atoms with van der Waals surface area (Å²) in [6.45, 7) is 2.72. The molecule has 0 bridgehead atoms. The van der Waals surface area contributed by atoms with Crippen molar-refractivity contribution >= 4 is 12.3 Å². The zero-order valence-corrected chi connectivity index (χ0v) is 9.82. The van der Waals surface area contributed by atoms with E-state index in [0.29, 0.717) is 12.6 Å². The third kappa shape index (κ3) is 23.0. The van der Waals surface area contributed by atoms with Crippen LogP contribution in [-0.4, -0.2) is 36.7 Å². The average molecular weight is 233 g/mol. The van der Waals surface area contributed by atoms with Crippen LogP contribution in [0.25, 0.3) is 0 Å². The monoisotopic (exact) mass is 233 g/mol. The molecule has 0 aromatic heterocycles. The standard InChI is InChI=1S/C9H21N3O.CH2O2/c1-8(10)5-3-2-4-6-13-7-9(11)12;2-1-3/h8H,2-7,10H2,1H3,(H3,11,12);1H,(H,2,3). The van der Waals surface area contributed by atoms with Crippen molar-refractivity contribution in [3.63, 3.8) is 0 Å². The predicted molar refractivity (Wildman–Crippen MR) is 63.5 cm³/mol. The molecule has 0 saturated carbocycles. The number of hydrogen-bond donors (Lipinski definition) is 4. The normalized spacial score (nSPS) is 11.1. The van der Waals surface area contributed by atoms with Crippen LogP contribution in [0.2, 0.25) is 0 Å². The van der Waals surface area contributed by atoms with Crippen LogP contribution in [0.1, 0.15) is 32.6 Å². The molecule has 0 radical (unpaired) electrons. The van der Waals surface area contributed by atoms with Crippen LogP contribution in [0.3, 0.4) is 0 Å². The highest BCUT2D eigenvalue weighted by atomic mass is 16.5. The van der Waals surface area contributed by atoms with Crippen LogP contribution < -0.4 is 11.5 Å². The molecule has 6 N–H and O–H groups in total. The fourth-order valence-corrected chi connectivity index (χ4v) is 1.03. The Morgan fingerprint density at radius 3 is 2.50 bits per heavy atom. The van der Waals surface area contributed by atoms with E-state index in [1.807, 2.05) is 6.92 Å². The lowest BCUT2D eigenvalue weighted by Gasteiger charge is -2.04. The quantitative estimate of drug-likeness (QED) is 0.211. The molecule has 96 valence electrons. The summed E-state index contributed by atoms with van der Waals surface area (Å²) in [5, 5.41) is 13.8. The first-order chi connectivity index (χ1) is 7.54. The van der Waals surface area contributed by atoms with E-state index < -0.39 is 0 Å². The topological polar surface area (TPSA) is 122 Å². The number of carbonyl (C=O) groups is 1. The molecule has 6 heteroatoms. The maximum atomic E-state index is 8.36. The van der Waals surface area contributed by atoms with Crippen molar-refractivity contribution in [3.8, 4) is 0 Å². The van der Waals surface area contributed by atoms with Gasteiger partial charge in [-0.1, -0.05) is 12.8 Å². The van der Waals surface area contributed by atoms with Gasteiger partial charge in [0.25, 0.3) is 6.47 Å². The molecule has 0 heterocycles. The highest BCUT2D eigenvalue weighted by Gasteiger charge is 1.94. The van der Waals surface area contributed by atoms with Crippen LogP contribution in [0.5, 0.6) is 0 Å². The van der Waals surface area contributed by atoms with E-state index >= 15 is 0 Å². The number of nitrogens with two attached hydrogens (primary N) is 2. The van der Waals surface area contributed by atoms with Crippen molar-refractivity contribution in [2.75, 3.05) is 13.2 Å². The van der Waals surface area contributed by atoms with Gasteiger partial charge in [0.15, 0.2) is 0 Å². The molecule has 16 heavy (non-hydrogen) atoms. The number of amidine groups is 1. The summed E-state index contributed by atoms with van der Waals surface area (Å²) in [5.74, 6) is 0.0931. The number of ether oxygens (including phenoxy) is 1. The second-order valence-electron chi connectivity index (χ2n) is 3.51. The first kappa shape index (κ1) is 17.3. The molecule has 0 saturated heterocycles. The van der Waals surface area contributed by atoms with Gasteiger partial charge in [0, 0.05) is 12.6 Å². The van der Waals surface area contributed by atoms with Gasteiger partial charge in [-0.3, -0.25) is 10.2 Å². The Morgan fingerprint density at radius 2 is 2.06 bits per heavy atom.